The number of rotatable bonds is 4. The van der Waals surface area contributed by atoms with Gasteiger partial charge in [-0.05, 0) is 105 Å². The molecule has 8 aromatic carbocycles. The summed E-state index contributed by atoms with van der Waals surface area (Å²) < 4.78 is 5.33. The van der Waals surface area contributed by atoms with E-state index in [4.69, 9.17) is 0 Å². The molecule has 2 heterocycles. The van der Waals surface area contributed by atoms with Crippen LogP contribution in [-0.2, 0) is 5.41 Å². The molecule has 10 aromatic rings. The smallest absolute Gasteiger partial charge is 0.0468 e. The van der Waals surface area contributed by atoms with E-state index in [2.05, 4.69) is 183 Å². The highest BCUT2D eigenvalue weighted by Gasteiger charge is 2.35. The van der Waals surface area contributed by atoms with E-state index in [1.807, 2.05) is 22.7 Å². The molecule has 0 atom stereocenters. The average Bonchev–Trinajstić information content (AvgIpc) is 3.83. The Morgan fingerprint density at radius 1 is 0.423 bits per heavy atom. The van der Waals surface area contributed by atoms with Crippen LogP contribution in [0.25, 0.3) is 73.4 Å². The average molecular weight is 700 g/mol. The molecule has 0 saturated heterocycles. The summed E-state index contributed by atoms with van der Waals surface area (Å²) in [5.41, 5.74) is 11.4. The van der Waals surface area contributed by atoms with E-state index >= 15 is 0 Å². The zero-order valence-corrected chi connectivity index (χ0v) is 30.5. The van der Waals surface area contributed by atoms with E-state index in [0.717, 1.165) is 17.1 Å². The third-order valence-corrected chi connectivity index (χ3v) is 13.6. The maximum absolute atomic E-state index is 2.44. The lowest BCUT2D eigenvalue weighted by molar-refractivity contribution is 0.660. The van der Waals surface area contributed by atoms with Crippen LogP contribution in [0.2, 0.25) is 0 Å². The Labute approximate surface area is 310 Å². The Hall–Kier alpha value is -5.74. The van der Waals surface area contributed by atoms with Crippen LogP contribution < -0.4 is 4.90 Å². The summed E-state index contributed by atoms with van der Waals surface area (Å²) in [5.74, 6) is 0. The molecule has 0 bridgehead atoms. The molecule has 2 aromatic heterocycles. The standard InChI is InChI=1S/C49H33NS2/c1-49(2)42-16-8-5-13-36(42)40-28-33(23-25-43(40)49)50(34-24-26-46-41(29-34)37-14-6-9-17-44(37)51-46)32-21-19-30(20-22-32)39-27-31-11-3-4-12-35(31)48-47(39)38-15-7-10-18-45(38)52-48/h3-29H,1-2H3. The fraction of sp³-hybridized carbons (Fsp3) is 0.0612. The third kappa shape index (κ3) is 4.33. The van der Waals surface area contributed by atoms with Gasteiger partial charge in [-0.3, -0.25) is 0 Å². The zero-order chi connectivity index (χ0) is 34.6. The monoisotopic (exact) mass is 699 g/mol. The van der Waals surface area contributed by atoms with Gasteiger partial charge in [0.1, 0.15) is 0 Å². The maximum Gasteiger partial charge on any atom is 0.0468 e. The summed E-state index contributed by atoms with van der Waals surface area (Å²) >= 11 is 3.77. The molecule has 1 nitrogen and oxygen atoms in total. The first kappa shape index (κ1) is 29.9. The fourth-order valence-electron chi connectivity index (χ4n) is 8.73. The third-order valence-electron chi connectivity index (χ3n) is 11.3. The Kier molecular flexibility index (Phi) is 6.41. The zero-order valence-electron chi connectivity index (χ0n) is 28.9. The van der Waals surface area contributed by atoms with E-state index < -0.39 is 0 Å². The number of nitrogens with zero attached hydrogens (tertiary/aromatic N) is 1. The molecule has 1 aliphatic rings. The van der Waals surface area contributed by atoms with Gasteiger partial charge in [-0.25, -0.2) is 0 Å². The minimum atomic E-state index is -0.0392. The lowest BCUT2D eigenvalue weighted by Gasteiger charge is -2.27. The summed E-state index contributed by atoms with van der Waals surface area (Å²) in [6.45, 7) is 4.70. The highest BCUT2D eigenvalue weighted by atomic mass is 32.1. The van der Waals surface area contributed by atoms with Crippen molar-refractivity contribution in [1.29, 1.82) is 0 Å². The molecule has 0 unspecified atom stereocenters. The van der Waals surface area contributed by atoms with Crippen LogP contribution in [0.15, 0.2) is 164 Å². The molecule has 0 saturated carbocycles. The Bertz CT molecular complexity index is 3050. The van der Waals surface area contributed by atoms with Crippen LogP contribution in [0.4, 0.5) is 17.1 Å². The van der Waals surface area contributed by atoms with Crippen LogP contribution in [0.1, 0.15) is 25.0 Å². The predicted molar refractivity (Wildman–Crippen MR) is 227 cm³/mol. The molecule has 246 valence electrons. The summed E-state index contributed by atoms with van der Waals surface area (Å²) in [4.78, 5) is 2.44. The van der Waals surface area contributed by atoms with Crippen molar-refractivity contribution in [3.63, 3.8) is 0 Å². The van der Waals surface area contributed by atoms with Gasteiger partial charge in [0.05, 0.1) is 0 Å². The minimum absolute atomic E-state index is 0.0392. The van der Waals surface area contributed by atoms with Crippen molar-refractivity contribution in [1.82, 2.24) is 0 Å². The number of thiophene rings is 2. The van der Waals surface area contributed by atoms with Crippen LogP contribution in [0.3, 0.4) is 0 Å². The molecule has 1 aliphatic carbocycles. The van der Waals surface area contributed by atoms with E-state index in [0.29, 0.717) is 0 Å². The second-order valence-corrected chi connectivity index (χ2v) is 16.6. The van der Waals surface area contributed by atoms with Crippen molar-refractivity contribution in [3.05, 3.63) is 175 Å². The normalized spacial score (nSPS) is 13.3. The second kappa shape index (κ2) is 11.1. The first-order valence-corrected chi connectivity index (χ1v) is 19.6. The van der Waals surface area contributed by atoms with E-state index in [9.17, 15) is 0 Å². The van der Waals surface area contributed by atoms with Gasteiger partial charge in [0.25, 0.3) is 0 Å². The summed E-state index contributed by atoms with van der Waals surface area (Å²) in [7, 11) is 0. The summed E-state index contributed by atoms with van der Waals surface area (Å²) in [6.07, 6.45) is 0. The number of benzene rings is 8. The topological polar surface area (TPSA) is 3.24 Å². The number of hydrogen-bond donors (Lipinski definition) is 0. The first-order valence-electron chi connectivity index (χ1n) is 17.9. The lowest BCUT2D eigenvalue weighted by atomic mass is 9.82. The first-order chi connectivity index (χ1) is 25.5. The molecular weight excluding hydrogens is 667 g/mol. The van der Waals surface area contributed by atoms with Gasteiger partial charge < -0.3 is 4.90 Å². The molecule has 0 N–H and O–H groups in total. The van der Waals surface area contributed by atoms with Crippen molar-refractivity contribution >= 4 is 90.9 Å². The van der Waals surface area contributed by atoms with E-state index in [1.54, 1.807) is 0 Å². The molecule has 11 rings (SSSR count). The predicted octanol–water partition coefficient (Wildman–Crippen LogP) is 15.0. The van der Waals surface area contributed by atoms with E-state index in [-0.39, 0.29) is 5.41 Å². The number of anilines is 3. The van der Waals surface area contributed by atoms with E-state index in [1.165, 1.54) is 84.5 Å². The van der Waals surface area contributed by atoms with Gasteiger partial charge in [-0.15, -0.1) is 22.7 Å². The minimum Gasteiger partial charge on any atom is -0.310 e. The van der Waals surface area contributed by atoms with Crippen LogP contribution in [-0.4, -0.2) is 0 Å². The molecule has 3 heteroatoms. The molecule has 0 fully saturated rings. The van der Waals surface area contributed by atoms with Gasteiger partial charge in [-0.2, -0.15) is 0 Å². The second-order valence-electron chi connectivity index (χ2n) is 14.5. The molecule has 0 radical (unpaired) electrons. The van der Waals surface area contributed by atoms with Gasteiger partial charge in [0.2, 0.25) is 0 Å². The van der Waals surface area contributed by atoms with Gasteiger partial charge in [-0.1, -0.05) is 117 Å². The molecule has 52 heavy (non-hydrogen) atoms. The largest absolute Gasteiger partial charge is 0.310 e. The van der Waals surface area contributed by atoms with Crippen LogP contribution in [0, 0.1) is 0 Å². The van der Waals surface area contributed by atoms with Crippen molar-refractivity contribution < 1.29 is 0 Å². The maximum atomic E-state index is 2.44. The summed E-state index contributed by atoms with van der Waals surface area (Å²) in [6, 6.07) is 61.1. The van der Waals surface area contributed by atoms with Crippen molar-refractivity contribution in [3.8, 4) is 22.3 Å². The highest BCUT2D eigenvalue weighted by Crippen LogP contribution is 2.51. The lowest BCUT2D eigenvalue weighted by Crippen LogP contribution is -2.15. The Balaban J connectivity index is 1.11. The molecule has 0 spiro atoms. The fourth-order valence-corrected chi connectivity index (χ4v) is 11.1. The Morgan fingerprint density at radius 2 is 1.04 bits per heavy atom. The molecular formula is C49H33NS2. The van der Waals surface area contributed by atoms with Gasteiger partial charge in [0, 0.05) is 62.8 Å². The SMILES string of the molecule is CC1(C)c2ccccc2-c2cc(N(c3ccc(-c4cc5ccccc5c5sc6ccccc6c45)cc3)c3ccc4sc5ccccc5c4c3)ccc21. The van der Waals surface area contributed by atoms with Crippen molar-refractivity contribution in [2.24, 2.45) is 0 Å². The highest BCUT2D eigenvalue weighted by molar-refractivity contribution is 7.27. The van der Waals surface area contributed by atoms with Crippen LogP contribution >= 0.6 is 22.7 Å². The Morgan fingerprint density at radius 3 is 1.88 bits per heavy atom. The van der Waals surface area contributed by atoms with Crippen LogP contribution in [0.5, 0.6) is 0 Å². The molecule has 0 amide bonds. The van der Waals surface area contributed by atoms with Gasteiger partial charge >= 0.3 is 0 Å². The summed E-state index contributed by atoms with van der Waals surface area (Å²) in [5, 5.41) is 7.89. The molecule has 0 aliphatic heterocycles. The number of fused-ring (bicyclic) bond motifs is 11. The number of hydrogen-bond acceptors (Lipinski definition) is 3. The van der Waals surface area contributed by atoms with Crippen molar-refractivity contribution in [2.75, 3.05) is 4.90 Å². The van der Waals surface area contributed by atoms with Gasteiger partial charge in [0.15, 0.2) is 0 Å². The van der Waals surface area contributed by atoms with Crippen molar-refractivity contribution in [2.45, 2.75) is 19.3 Å². The quantitative estimate of drug-likeness (QED) is 0.177.